The second-order valence-electron chi connectivity index (χ2n) is 2.42. The van der Waals surface area contributed by atoms with Crippen molar-refractivity contribution in [3.8, 4) is 0 Å². The maximum Gasteiger partial charge on any atom is 0.144 e. The van der Waals surface area contributed by atoms with Crippen molar-refractivity contribution in [1.82, 2.24) is 25.6 Å². The van der Waals surface area contributed by atoms with Crippen LogP contribution >= 0.6 is 0 Å². The van der Waals surface area contributed by atoms with E-state index in [-0.39, 0.29) is 0 Å². The zero-order chi connectivity index (χ0) is 9.64. The van der Waals surface area contributed by atoms with E-state index in [1.807, 2.05) is 6.07 Å². The summed E-state index contributed by atoms with van der Waals surface area (Å²) in [6, 6.07) is 1.89. The third-order valence-electron chi connectivity index (χ3n) is 1.52. The molecule has 14 heavy (non-hydrogen) atoms. The maximum atomic E-state index is 4.22. The number of fused-ring (bicyclic) bond motifs is 1. The first-order valence-electron chi connectivity index (χ1n) is 3.91. The third-order valence-corrected chi connectivity index (χ3v) is 1.52. The molecule has 0 radical (unpaired) electrons. The Labute approximate surface area is 78.9 Å². The van der Waals surface area contributed by atoms with Crippen molar-refractivity contribution in [3.63, 3.8) is 0 Å². The fourth-order valence-electron chi connectivity index (χ4n) is 0.919. The molecule has 0 saturated carbocycles. The molecule has 0 amide bonds. The van der Waals surface area contributed by atoms with Gasteiger partial charge in [0.25, 0.3) is 0 Å². The Hall–Kier alpha value is -2.24. The first-order valence-corrected chi connectivity index (χ1v) is 3.91. The van der Waals surface area contributed by atoms with E-state index >= 15 is 0 Å². The molecule has 3 aromatic rings. The van der Waals surface area contributed by atoms with Crippen LogP contribution in [0.1, 0.15) is 0 Å². The van der Waals surface area contributed by atoms with Gasteiger partial charge in [0.2, 0.25) is 0 Å². The third kappa shape index (κ3) is 1.92. The second kappa shape index (κ2) is 4.13. The molecule has 3 heterocycles. The number of nitrogens with one attached hydrogen (secondary N) is 1. The summed E-state index contributed by atoms with van der Waals surface area (Å²) in [4.78, 5) is 3.93. The van der Waals surface area contributed by atoms with Gasteiger partial charge in [0.05, 0.1) is 17.9 Å². The average Bonchev–Trinajstić information content (AvgIpc) is 2.92. The highest BCUT2D eigenvalue weighted by Gasteiger charge is 1.89. The molecule has 0 aliphatic rings. The molecule has 6 nitrogen and oxygen atoms in total. The Morgan fingerprint density at radius 2 is 2.21 bits per heavy atom. The lowest BCUT2D eigenvalue weighted by Crippen LogP contribution is -1.68. The van der Waals surface area contributed by atoms with Crippen molar-refractivity contribution < 1.29 is 4.52 Å². The first kappa shape index (κ1) is 8.36. The Bertz CT molecular complexity index is 428. The molecule has 0 saturated heterocycles. The van der Waals surface area contributed by atoms with Gasteiger partial charge in [-0.05, 0) is 6.07 Å². The highest BCUT2D eigenvalue weighted by atomic mass is 16.5. The molecule has 0 aliphatic heterocycles. The zero-order valence-electron chi connectivity index (χ0n) is 7.16. The molecule has 6 heteroatoms. The van der Waals surface area contributed by atoms with E-state index < -0.39 is 0 Å². The normalized spacial score (nSPS) is 9.43. The number of hydrogen-bond acceptors (Lipinski definition) is 5. The summed E-state index contributed by atoms with van der Waals surface area (Å²) in [6.45, 7) is 0. The van der Waals surface area contributed by atoms with E-state index in [1.165, 1.54) is 12.5 Å². The monoisotopic (exact) mass is 189 g/mol. The van der Waals surface area contributed by atoms with E-state index in [0.717, 1.165) is 10.9 Å². The van der Waals surface area contributed by atoms with Crippen LogP contribution in [0.2, 0.25) is 0 Å². The summed E-state index contributed by atoms with van der Waals surface area (Å²) in [5.74, 6) is 0. The highest BCUT2D eigenvalue weighted by molar-refractivity contribution is 5.75. The van der Waals surface area contributed by atoms with Gasteiger partial charge < -0.3 is 4.52 Å². The van der Waals surface area contributed by atoms with Gasteiger partial charge in [-0.1, -0.05) is 0 Å². The van der Waals surface area contributed by atoms with E-state index in [0.29, 0.717) is 0 Å². The quantitative estimate of drug-likeness (QED) is 0.571. The van der Waals surface area contributed by atoms with Crippen LogP contribution in [0, 0.1) is 0 Å². The maximum absolute atomic E-state index is 4.22. The lowest BCUT2D eigenvalue weighted by Gasteiger charge is -1.80. The standard InChI is InChI=1S/C6H5N3.C2H2N2O/c1-2-7-3-5-4-8-9-6(1)5;1-2-5-4-3-1/h1-4H,(H,8,9);1-2H. The minimum atomic E-state index is 1.03. The molecule has 70 valence electrons. The molecule has 0 fully saturated rings. The van der Waals surface area contributed by atoms with Crippen molar-refractivity contribution >= 4 is 10.9 Å². The average molecular weight is 189 g/mol. The van der Waals surface area contributed by atoms with Crippen LogP contribution in [0.5, 0.6) is 0 Å². The van der Waals surface area contributed by atoms with Gasteiger partial charge in [-0.3, -0.25) is 10.1 Å². The number of pyridine rings is 1. The largest absolute Gasteiger partial charge is 0.346 e. The molecule has 3 rings (SSSR count). The lowest BCUT2D eigenvalue weighted by molar-refractivity contribution is 0.393. The lowest BCUT2D eigenvalue weighted by atomic mass is 10.3. The SMILES string of the molecule is c1cc2[nH]ncc2cn1.c1conn1. The number of H-pyrrole nitrogens is 1. The van der Waals surface area contributed by atoms with E-state index in [1.54, 1.807) is 18.6 Å². The topological polar surface area (TPSA) is 80.5 Å². The minimum absolute atomic E-state index is 1.03. The second-order valence-corrected chi connectivity index (χ2v) is 2.42. The molecule has 3 aromatic heterocycles. The summed E-state index contributed by atoms with van der Waals surface area (Å²) in [5.41, 5.74) is 1.03. The minimum Gasteiger partial charge on any atom is -0.346 e. The summed E-state index contributed by atoms with van der Waals surface area (Å²) < 4.78 is 4.22. The highest BCUT2D eigenvalue weighted by Crippen LogP contribution is 2.04. The number of nitrogens with zero attached hydrogens (tertiary/aromatic N) is 4. The Balaban J connectivity index is 0.000000128. The summed E-state index contributed by atoms with van der Waals surface area (Å²) in [7, 11) is 0. The van der Waals surface area contributed by atoms with E-state index in [2.05, 4.69) is 30.1 Å². The molecule has 0 unspecified atom stereocenters. The van der Waals surface area contributed by atoms with Crippen LogP contribution < -0.4 is 0 Å². The number of hydrogen-bond donors (Lipinski definition) is 1. The Kier molecular flexibility index (Phi) is 2.46. The van der Waals surface area contributed by atoms with Crippen LogP contribution in [0.25, 0.3) is 10.9 Å². The van der Waals surface area contributed by atoms with Crippen molar-refractivity contribution in [3.05, 3.63) is 37.1 Å². The number of rotatable bonds is 0. The van der Waals surface area contributed by atoms with Crippen LogP contribution in [-0.2, 0) is 0 Å². The van der Waals surface area contributed by atoms with E-state index in [4.69, 9.17) is 0 Å². The summed E-state index contributed by atoms with van der Waals surface area (Å²) in [6.07, 6.45) is 8.14. The van der Waals surface area contributed by atoms with Crippen molar-refractivity contribution in [2.45, 2.75) is 0 Å². The predicted octanol–water partition coefficient (Wildman–Crippen LogP) is 1.03. The Morgan fingerprint density at radius 1 is 1.21 bits per heavy atom. The summed E-state index contributed by atoms with van der Waals surface area (Å²) >= 11 is 0. The van der Waals surface area contributed by atoms with Crippen LogP contribution in [0.15, 0.2) is 41.6 Å². The van der Waals surface area contributed by atoms with Crippen LogP contribution in [-0.4, -0.2) is 25.6 Å². The Morgan fingerprint density at radius 3 is 2.86 bits per heavy atom. The van der Waals surface area contributed by atoms with Gasteiger partial charge >= 0.3 is 0 Å². The van der Waals surface area contributed by atoms with Gasteiger partial charge in [-0.15, -0.1) is 5.10 Å². The fourth-order valence-corrected chi connectivity index (χ4v) is 0.919. The molecule has 0 aromatic carbocycles. The fraction of sp³-hybridized carbons (Fsp3) is 0. The molecule has 0 aliphatic carbocycles. The molecule has 0 bridgehead atoms. The van der Waals surface area contributed by atoms with Gasteiger partial charge in [0, 0.05) is 23.1 Å². The predicted molar refractivity (Wildman–Crippen MR) is 48.2 cm³/mol. The molecular formula is C8H7N5O. The zero-order valence-corrected chi connectivity index (χ0v) is 7.16. The van der Waals surface area contributed by atoms with Crippen LogP contribution in [0.4, 0.5) is 0 Å². The summed E-state index contributed by atoms with van der Waals surface area (Å²) in [5, 5.41) is 14.1. The van der Waals surface area contributed by atoms with E-state index in [9.17, 15) is 0 Å². The first-order chi connectivity index (χ1) is 6.97. The van der Waals surface area contributed by atoms with Gasteiger partial charge in [-0.2, -0.15) is 5.10 Å². The van der Waals surface area contributed by atoms with Gasteiger partial charge in [0.15, 0.2) is 0 Å². The van der Waals surface area contributed by atoms with Gasteiger partial charge in [-0.25, -0.2) is 0 Å². The number of aromatic amines is 1. The molecule has 0 atom stereocenters. The van der Waals surface area contributed by atoms with Crippen molar-refractivity contribution in [2.24, 2.45) is 0 Å². The van der Waals surface area contributed by atoms with Gasteiger partial charge in [0.1, 0.15) is 6.26 Å². The van der Waals surface area contributed by atoms with Crippen molar-refractivity contribution in [2.75, 3.05) is 0 Å². The number of aromatic nitrogens is 5. The molecule has 0 spiro atoms. The molecular weight excluding hydrogens is 182 g/mol. The molecule has 1 N–H and O–H groups in total. The van der Waals surface area contributed by atoms with Crippen LogP contribution in [0.3, 0.4) is 0 Å². The smallest absolute Gasteiger partial charge is 0.144 e. The van der Waals surface area contributed by atoms with Crippen molar-refractivity contribution in [1.29, 1.82) is 0 Å².